The molecule has 7 nitrogen and oxygen atoms in total. The number of aryl methyl sites for hydroxylation is 2. The number of pyridine rings is 1. The third-order valence-electron chi connectivity index (χ3n) is 5.30. The maximum atomic E-state index is 8.36. The third-order valence-corrected chi connectivity index (χ3v) is 5.30. The van der Waals surface area contributed by atoms with Gasteiger partial charge in [-0.1, -0.05) is 6.07 Å². The van der Waals surface area contributed by atoms with Gasteiger partial charge in [0.2, 0.25) is 0 Å². The number of nitrogens with zero attached hydrogens (tertiary/aromatic N) is 3. The Bertz CT molecular complexity index is 972. The Morgan fingerprint density at radius 2 is 1.97 bits per heavy atom. The van der Waals surface area contributed by atoms with Crippen LogP contribution in [0.1, 0.15) is 22.7 Å². The summed E-state index contributed by atoms with van der Waals surface area (Å²) in [5.74, 6) is 2.23. The Morgan fingerprint density at radius 1 is 1.23 bits per heavy atom. The monoisotopic (exact) mass is 409 g/mol. The van der Waals surface area contributed by atoms with Gasteiger partial charge >= 0.3 is 0 Å². The van der Waals surface area contributed by atoms with E-state index in [1.165, 1.54) is 11.1 Å². The Morgan fingerprint density at radius 3 is 2.67 bits per heavy atom. The first-order chi connectivity index (χ1) is 14.6. The zero-order valence-corrected chi connectivity index (χ0v) is 17.5. The van der Waals surface area contributed by atoms with E-state index < -0.39 is 0 Å². The van der Waals surface area contributed by atoms with E-state index in [1.807, 2.05) is 18.6 Å². The summed E-state index contributed by atoms with van der Waals surface area (Å²) in [6.45, 7) is 5.39. The van der Waals surface area contributed by atoms with E-state index in [2.05, 4.69) is 58.8 Å². The van der Waals surface area contributed by atoms with Gasteiger partial charge < -0.3 is 19.1 Å². The molecule has 1 saturated heterocycles. The normalized spacial score (nSPS) is 17.8. The zero-order valence-electron chi connectivity index (χ0n) is 17.5. The molecule has 1 N–H and O–H groups in total. The second-order valence-corrected chi connectivity index (χ2v) is 7.35. The van der Waals surface area contributed by atoms with E-state index in [4.69, 9.17) is 19.4 Å². The highest BCUT2D eigenvalue weighted by Crippen LogP contribution is 2.37. The molecule has 3 aromatic rings. The van der Waals surface area contributed by atoms with Crippen molar-refractivity contribution in [1.29, 1.82) is 0 Å². The highest BCUT2D eigenvalue weighted by atomic mass is 16.5. The van der Waals surface area contributed by atoms with Gasteiger partial charge in [0, 0.05) is 30.7 Å². The molecule has 0 aliphatic carbocycles. The van der Waals surface area contributed by atoms with E-state index in [0.29, 0.717) is 12.5 Å². The van der Waals surface area contributed by atoms with Gasteiger partial charge in [0.25, 0.3) is 6.47 Å². The average molecular weight is 409 g/mol. The number of rotatable bonds is 5. The molecule has 2 aromatic heterocycles. The van der Waals surface area contributed by atoms with E-state index in [9.17, 15) is 0 Å². The summed E-state index contributed by atoms with van der Waals surface area (Å²) in [5.41, 5.74) is 4.65. The molecular formula is C23H27N3O4. The van der Waals surface area contributed by atoms with Crippen molar-refractivity contribution < 1.29 is 19.4 Å². The minimum absolute atomic E-state index is 0.250. The highest BCUT2D eigenvalue weighted by molar-refractivity contribution is 5.68. The molecule has 1 aromatic carbocycles. The quantitative estimate of drug-likeness (QED) is 0.647. The lowest BCUT2D eigenvalue weighted by atomic mass is 9.95. The van der Waals surface area contributed by atoms with E-state index >= 15 is 0 Å². The maximum Gasteiger partial charge on any atom is 0.290 e. The number of ether oxygens (including phenoxy) is 2. The summed E-state index contributed by atoms with van der Waals surface area (Å²) in [6.07, 6.45) is 8.60. The fourth-order valence-electron chi connectivity index (χ4n) is 4.09. The van der Waals surface area contributed by atoms with Crippen molar-refractivity contribution in [3.8, 4) is 17.1 Å². The summed E-state index contributed by atoms with van der Waals surface area (Å²) in [6, 6.07) is 8.70. The Labute approximate surface area is 176 Å². The molecule has 0 radical (unpaired) electrons. The zero-order chi connectivity index (χ0) is 21.5. The van der Waals surface area contributed by atoms with Crippen molar-refractivity contribution >= 4 is 6.47 Å². The molecule has 2 atom stereocenters. The van der Waals surface area contributed by atoms with Crippen LogP contribution in [0.15, 0.2) is 49.1 Å². The van der Waals surface area contributed by atoms with Gasteiger partial charge in [-0.15, -0.1) is 0 Å². The summed E-state index contributed by atoms with van der Waals surface area (Å²) in [4.78, 5) is 17.2. The van der Waals surface area contributed by atoms with Crippen molar-refractivity contribution in [1.82, 2.24) is 14.5 Å². The fourth-order valence-corrected chi connectivity index (χ4v) is 4.09. The standard InChI is InChI=1S/C22H25N3O2.CH2O2/c1-15-10-16(2)21(26-3)19(11-15)22-24-8-9-25(22)20-14-27-13-18(20)12-17-4-6-23-7-5-17;2-1-3/h4-11,18,20H,12-14H2,1-3H3;1H,(H,2,3)/t18-,20-;/m1./s1. The van der Waals surface area contributed by atoms with Crippen LogP contribution in [0.25, 0.3) is 11.4 Å². The van der Waals surface area contributed by atoms with Crippen LogP contribution in [0.2, 0.25) is 0 Å². The summed E-state index contributed by atoms with van der Waals surface area (Å²) >= 11 is 0. The number of imidazole rings is 1. The first kappa shape index (κ1) is 21.5. The van der Waals surface area contributed by atoms with Crippen molar-refractivity contribution in [2.75, 3.05) is 20.3 Å². The van der Waals surface area contributed by atoms with Crippen LogP contribution in [0.3, 0.4) is 0 Å². The lowest BCUT2D eigenvalue weighted by Crippen LogP contribution is -2.20. The molecule has 3 heterocycles. The number of hydrogen-bond acceptors (Lipinski definition) is 5. The SMILES string of the molecule is COc1c(C)cc(C)cc1-c1nccn1[C@@H]1COC[C@H]1Cc1ccncc1.O=CO. The lowest BCUT2D eigenvalue weighted by molar-refractivity contribution is -0.122. The van der Waals surface area contributed by atoms with Crippen LogP contribution in [0.5, 0.6) is 5.75 Å². The average Bonchev–Trinajstić information content (AvgIpc) is 3.38. The number of carbonyl (C=O) groups is 1. The van der Waals surface area contributed by atoms with E-state index in [0.717, 1.165) is 35.7 Å². The van der Waals surface area contributed by atoms with Gasteiger partial charge in [-0.3, -0.25) is 9.78 Å². The second-order valence-electron chi connectivity index (χ2n) is 7.35. The number of aromatic nitrogens is 3. The Hall–Kier alpha value is -3.19. The molecule has 1 aliphatic rings. The van der Waals surface area contributed by atoms with Crippen LogP contribution in [-0.4, -0.2) is 46.4 Å². The van der Waals surface area contributed by atoms with Crippen molar-refractivity contribution in [2.45, 2.75) is 26.3 Å². The molecular weight excluding hydrogens is 382 g/mol. The minimum Gasteiger partial charge on any atom is -0.496 e. The first-order valence-corrected chi connectivity index (χ1v) is 9.82. The highest BCUT2D eigenvalue weighted by Gasteiger charge is 2.32. The van der Waals surface area contributed by atoms with Crippen molar-refractivity contribution in [3.63, 3.8) is 0 Å². The Kier molecular flexibility index (Phi) is 7.19. The predicted octanol–water partition coefficient (Wildman–Crippen LogP) is 3.70. The smallest absolute Gasteiger partial charge is 0.290 e. The summed E-state index contributed by atoms with van der Waals surface area (Å²) in [7, 11) is 1.72. The molecule has 4 rings (SSSR count). The van der Waals surface area contributed by atoms with E-state index in [1.54, 1.807) is 7.11 Å². The predicted molar refractivity (Wildman–Crippen MR) is 114 cm³/mol. The molecule has 0 spiro atoms. The van der Waals surface area contributed by atoms with Gasteiger partial charge in [-0.25, -0.2) is 4.98 Å². The van der Waals surface area contributed by atoms with E-state index in [-0.39, 0.29) is 12.5 Å². The molecule has 0 unspecified atom stereocenters. The van der Waals surface area contributed by atoms with Crippen LogP contribution in [-0.2, 0) is 16.0 Å². The molecule has 1 aliphatic heterocycles. The van der Waals surface area contributed by atoms with Crippen LogP contribution in [0.4, 0.5) is 0 Å². The first-order valence-electron chi connectivity index (χ1n) is 9.82. The van der Waals surface area contributed by atoms with Gasteiger partial charge in [0.05, 0.1) is 31.9 Å². The van der Waals surface area contributed by atoms with Gasteiger partial charge in [-0.05, 0) is 55.2 Å². The summed E-state index contributed by atoms with van der Waals surface area (Å²) in [5, 5.41) is 6.89. The van der Waals surface area contributed by atoms with Gasteiger partial charge in [-0.2, -0.15) is 0 Å². The van der Waals surface area contributed by atoms with Crippen LogP contribution in [0, 0.1) is 19.8 Å². The fraction of sp³-hybridized carbons (Fsp3) is 0.348. The van der Waals surface area contributed by atoms with Crippen molar-refractivity contribution in [2.24, 2.45) is 5.92 Å². The minimum atomic E-state index is -0.250. The molecule has 0 saturated carbocycles. The van der Waals surface area contributed by atoms with Crippen LogP contribution < -0.4 is 4.74 Å². The molecule has 30 heavy (non-hydrogen) atoms. The van der Waals surface area contributed by atoms with Gasteiger partial charge in [0.1, 0.15) is 11.6 Å². The number of hydrogen-bond donors (Lipinski definition) is 1. The molecule has 0 bridgehead atoms. The molecule has 158 valence electrons. The Balaban J connectivity index is 0.000000806. The number of benzene rings is 1. The maximum absolute atomic E-state index is 8.36. The van der Waals surface area contributed by atoms with Gasteiger partial charge in [0.15, 0.2) is 0 Å². The third kappa shape index (κ3) is 4.68. The lowest BCUT2D eigenvalue weighted by Gasteiger charge is -2.22. The number of carboxylic acid groups (broad SMARTS) is 1. The van der Waals surface area contributed by atoms with Crippen LogP contribution >= 0.6 is 0 Å². The summed E-state index contributed by atoms with van der Waals surface area (Å²) < 4.78 is 13.8. The largest absolute Gasteiger partial charge is 0.496 e. The van der Waals surface area contributed by atoms with Crippen molar-refractivity contribution in [3.05, 3.63) is 65.7 Å². The molecule has 0 amide bonds. The molecule has 1 fully saturated rings. The second kappa shape index (κ2) is 10.0. The number of methoxy groups -OCH3 is 1. The topological polar surface area (TPSA) is 86.5 Å². The molecule has 7 heteroatoms.